The molecule has 9 atom stereocenters. The van der Waals surface area contributed by atoms with E-state index in [0.29, 0.717) is 47.8 Å². The van der Waals surface area contributed by atoms with Crippen LogP contribution in [0.4, 0.5) is 13.2 Å². The lowest BCUT2D eigenvalue weighted by molar-refractivity contribution is -0.150. The zero-order chi connectivity index (χ0) is 27.6. The van der Waals surface area contributed by atoms with E-state index in [1.807, 2.05) is 7.11 Å². The molecule has 7 fully saturated rings. The zero-order valence-corrected chi connectivity index (χ0v) is 24.1. The van der Waals surface area contributed by atoms with Crippen LogP contribution in [0.3, 0.4) is 0 Å². The fourth-order valence-electron chi connectivity index (χ4n) is 9.25. The molecule has 0 aromatic rings. The Morgan fingerprint density at radius 1 is 0.850 bits per heavy atom. The molecule has 4 saturated heterocycles. The van der Waals surface area contributed by atoms with E-state index in [9.17, 15) is 13.2 Å². The Morgan fingerprint density at radius 2 is 1.60 bits per heavy atom. The number of alkyl halides is 3. The molecule has 0 spiro atoms. The molecular weight excluding hydrogens is 519 g/mol. The van der Waals surface area contributed by atoms with Gasteiger partial charge in [-0.05, 0) is 75.7 Å². The summed E-state index contributed by atoms with van der Waals surface area (Å²) >= 11 is 0. The SMILES string of the molecule is COC1NCNC(C2CC2)C1C1NCC2C(N1)C(CC1CCC(C3NC(C(F)(F)F)CN3C3CC3)CC1)CN2C. The number of methoxy groups -OCH3 is 1. The topological polar surface area (TPSA) is 75.9 Å². The summed E-state index contributed by atoms with van der Waals surface area (Å²) in [5, 5.41) is 18.2. The Kier molecular flexibility index (Phi) is 7.90. The number of nitrogens with zero attached hydrogens (tertiary/aromatic N) is 2. The van der Waals surface area contributed by atoms with Crippen LogP contribution in [-0.2, 0) is 4.74 Å². The number of halogens is 3. The number of likely N-dealkylation sites (N-methyl/N-ethyl adjacent to an activating group) is 1. The van der Waals surface area contributed by atoms with Crippen molar-refractivity contribution in [3.8, 4) is 0 Å². The molecule has 8 nitrogen and oxygen atoms in total. The molecule has 4 aliphatic heterocycles. The van der Waals surface area contributed by atoms with Gasteiger partial charge in [-0.2, -0.15) is 13.2 Å². The van der Waals surface area contributed by atoms with Crippen molar-refractivity contribution < 1.29 is 17.9 Å². The molecule has 0 amide bonds. The summed E-state index contributed by atoms with van der Waals surface area (Å²) in [6.07, 6.45) is 6.31. The molecule has 0 bridgehead atoms. The summed E-state index contributed by atoms with van der Waals surface area (Å²) in [5.74, 6) is 2.69. The van der Waals surface area contributed by atoms with Crippen molar-refractivity contribution in [3.05, 3.63) is 0 Å². The minimum Gasteiger partial charge on any atom is -0.366 e. The van der Waals surface area contributed by atoms with Crippen molar-refractivity contribution in [2.45, 2.75) is 113 Å². The largest absolute Gasteiger partial charge is 0.405 e. The lowest BCUT2D eigenvalue weighted by Gasteiger charge is -2.48. The zero-order valence-electron chi connectivity index (χ0n) is 24.1. The van der Waals surface area contributed by atoms with Gasteiger partial charge in [0.2, 0.25) is 0 Å². The summed E-state index contributed by atoms with van der Waals surface area (Å²) in [4.78, 5) is 4.70. The van der Waals surface area contributed by atoms with Crippen LogP contribution < -0.4 is 26.6 Å². The Balaban J connectivity index is 0.966. The van der Waals surface area contributed by atoms with Gasteiger partial charge in [-0.25, -0.2) is 0 Å². The second-order valence-electron chi connectivity index (χ2n) is 14.2. The average molecular weight is 570 g/mol. The van der Waals surface area contributed by atoms with Crippen molar-refractivity contribution in [1.82, 2.24) is 36.4 Å². The second-order valence-corrected chi connectivity index (χ2v) is 14.2. The van der Waals surface area contributed by atoms with Crippen molar-refractivity contribution in [1.29, 1.82) is 0 Å². The number of likely N-dealkylation sites (tertiary alicyclic amines) is 1. The molecule has 4 heterocycles. The summed E-state index contributed by atoms with van der Waals surface area (Å²) in [6, 6.07) is 0.419. The van der Waals surface area contributed by atoms with E-state index in [-0.39, 0.29) is 25.1 Å². The van der Waals surface area contributed by atoms with Crippen molar-refractivity contribution >= 4 is 0 Å². The molecule has 5 N–H and O–H groups in total. The Morgan fingerprint density at radius 3 is 2.27 bits per heavy atom. The standard InChI is InChI=1S/C29H50F3N7O/c1-38-13-19(24-21(38)12-33-26(37-24)23-25(17-7-8-17)34-15-35-28(23)40-2)11-16-3-5-18(6-4-16)27-36-22(29(30,31)32)14-39(27)20-9-10-20/h16-28,33-37H,3-15H2,1-2H3. The van der Waals surface area contributed by atoms with Gasteiger partial charge in [0.15, 0.2) is 0 Å². The summed E-state index contributed by atoms with van der Waals surface area (Å²) in [7, 11) is 4.09. The number of hydrogen-bond acceptors (Lipinski definition) is 8. The van der Waals surface area contributed by atoms with E-state index in [1.54, 1.807) is 0 Å². The molecule has 9 unspecified atom stereocenters. The first-order valence-electron chi connectivity index (χ1n) is 16.1. The first-order valence-corrected chi connectivity index (χ1v) is 16.1. The minimum atomic E-state index is -4.16. The highest BCUT2D eigenvalue weighted by atomic mass is 19.4. The predicted molar refractivity (Wildman–Crippen MR) is 147 cm³/mol. The Labute approximate surface area is 237 Å². The molecule has 11 heteroatoms. The number of ether oxygens (including phenoxy) is 1. The molecule has 7 aliphatic rings. The molecule has 40 heavy (non-hydrogen) atoms. The maximum Gasteiger partial charge on any atom is 0.405 e. The van der Waals surface area contributed by atoms with Gasteiger partial charge in [-0.1, -0.05) is 12.8 Å². The first kappa shape index (κ1) is 28.3. The van der Waals surface area contributed by atoms with Gasteiger partial charge >= 0.3 is 6.18 Å². The fourth-order valence-corrected chi connectivity index (χ4v) is 9.25. The summed E-state index contributed by atoms with van der Waals surface area (Å²) < 4.78 is 46.6. The smallest absolute Gasteiger partial charge is 0.366 e. The normalized spacial score (nSPS) is 47.5. The summed E-state index contributed by atoms with van der Waals surface area (Å²) in [5.41, 5.74) is 0. The van der Waals surface area contributed by atoms with E-state index in [1.165, 1.54) is 19.3 Å². The molecule has 228 valence electrons. The summed E-state index contributed by atoms with van der Waals surface area (Å²) in [6.45, 7) is 3.05. The molecular formula is C29H50F3N7O. The van der Waals surface area contributed by atoms with Crippen LogP contribution >= 0.6 is 0 Å². The van der Waals surface area contributed by atoms with Gasteiger partial charge in [0.05, 0.1) is 12.3 Å². The van der Waals surface area contributed by atoms with Gasteiger partial charge < -0.3 is 15.0 Å². The Hall–Kier alpha value is -0.530. The molecule has 0 radical (unpaired) electrons. The quantitative estimate of drug-likeness (QED) is 0.318. The average Bonchev–Trinajstić information content (AvgIpc) is 3.89. The van der Waals surface area contributed by atoms with Crippen LogP contribution in [0.25, 0.3) is 0 Å². The highest BCUT2D eigenvalue weighted by Crippen LogP contribution is 2.44. The minimum absolute atomic E-state index is 0.0394. The number of hydrogen-bond donors (Lipinski definition) is 5. The Bertz CT molecular complexity index is 880. The number of nitrogens with one attached hydrogen (secondary N) is 5. The molecule has 7 rings (SSSR count). The van der Waals surface area contributed by atoms with Crippen molar-refractivity contribution in [3.63, 3.8) is 0 Å². The number of fused-ring (bicyclic) bond motifs is 1. The molecule has 3 saturated carbocycles. The van der Waals surface area contributed by atoms with Crippen molar-refractivity contribution in [2.24, 2.45) is 29.6 Å². The third-order valence-electron chi connectivity index (χ3n) is 11.6. The highest BCUT2D eigenvalue weighted by Gasteiger charge is 2.53. The highest BCUT2D eigenvalue weighted by molar-refractivity contribution is 5.08. The fraction of sp³-hybridized carbons (Fsp3) is 1.00. The van der Waals surface area contributed by atoms with Crippen LogP contribution in [-0.4, -0.2) is 105 Å². The maximum absolute atomic E-state index is 13.5. The monoisotopic (exact) mass is 569 g/mol. The van der Waals surface area contributed by atoms with E-state index in [2.05, 4.69) is 43.4 Å². The van der Waals surface area contributed by atoms with Crippen molar-refractivity contribution in [2.75, 3.05) is 40.5 Å². The van der Waals surface area contributed by atoms with Gasteiger partial charge in [-0.15, -0.1) is 0 Å². The third-order valence-corrected chi connectivity index (χ3v) is 11.6. The third kappa shape index (κ3) is 5.58. The van der Waals surface area contributed by atoms with Crippen LogP contribution in [0.15, 0.2) is 0 Å². The molecule has 3 aliphatic carbocycles. The molecule has 0 aromatic heterocycles. The second kappa shape index (κ2) is 11.2. The predicted octanol–water partition coefficient (Wildman–Crippen LogP) is 1.84. The van der Waals surface area contributed by atoms with Gasteiger partial charge in [0.25, 0.3) is 0 Å². The van der Waals surface area contributed by atoms with Crippen LogP contribution in [0.1, 0.15) is 57.8 Å². The van der Waals surface area contributed by atoms with Crippen LogP contribution in [0.5, 0.6) is 0 Å². The van der Waals surface area contributed by atoms with E-state index >= 15 is 0 Å². The van der Waals surface area contributed by atoms with Crippen LogP contribution in [0.2, 0.25) is 0 Å². The van der Waals surface area contributed by atoms with E-state index < -0.39 is 12.2 Å². The lowest BCUT2D eigenvalue weighted by Crippen LogP contribution is -2.72. The van der Waals surface area contributed by atoms with Gasteiger partial charge in [0, 0.05) is 63.5 Å². The van der Waals surface area contributed by atoms with E-state index in [0.717, 1.165) is 64.2 Å². The molecule has 0 aromatic carbocycles. The first-order chi connectivity index (χ1) is 19.3. The van der Waals surface area contributed by atoms with Crippen LogP contribution in [0, 0.1) is 29.6 Å². The maximum atomic E-state index is 13.5. The van der Waals surface area contributed by atoms with Gasteiger partial charge in [-0.3, -0.25) is 26.2 Å². The number of rotatable bonds is 7. The van der Waals surface area contributed by atoms with E-state index in [4.69, 9.17) is 4.74 Å². The lowest BCUT2D eigenvalue weighted by atomic mass is 9.75. The van der Waals surface area contributed by atoms with Gasteiger partial charge in [0.1, 0.15) is 12.3 Å².